The number of amides is 1. The monoisotopic (exact) mass is 412 g/mol. The molecule has 0 aliphatic rings. The number of anilines is 1. The second-order valence-electron chi connectivity index (χ2n) is 6.89. The van der Waals surface area contributed by atoms with Crippen LogP contribution in [0.2, 0.25) is 0 Å². The van der Waals surface area contributed by atoms with E-state index in [-0.39, 0.29) is 16.8 Å². The van der Waals surface area contributed by atoms with Gasteiger partial charge in [0.05, 0.1) is 17.1 Å². The van der Waals surface area contributed by atoms with Gasteiger partial charge in [-0.15, -0.1) is 0 Å². The Morgan fingerprint density at radius 3 is 2.53 bits per heavy atom. The predicted molar refractivity (Wildman–Crippen MR) is 110 cm³/mol. The van der Waals surface area contributed by atoms with Crippen molar-refractivity contribution < 1.29 is 18.8 Å². The molecule has 9 nitrogen and oxygen atoms in total. The molecule has 0 radical (unpaired) electrons. The van der Waals surface area contributed by atoms with E-state index >= 15 is 0 Å². The number of benzene rings is 1. The topological polar surface area (TPSA) is 108 Å². The molecule has 3 rings (SSSR count). The molecule has 0 fully saturated rings. The van der Waals surface area contributed by atoms with Gasteiger partial charge in [0.15, 0.2) is 6.10 Å². The quantitative estimate of drug-likeness (QED) is 0.623. The third kappa shape index (κ3) is 3.78. The van der Waals surface area contributed by atoms with Crippen molar-refractivity contribution in [2.24, 2.45) is 7.05 Å². The van der Waals surface area contributed by atoms with Crippen molar-refractivity contribution in [3.05, 3.63) is 63.4 Å². The second-order valence-corrected chi connectivity index (χ2v) is 6.89. The normalized spacial score (nSPS) is 11.9. The van der Waals surface area contributed by atoms with Crippen LogP contribution in [0, 0.1) is 13.8 Å². The lowest BCUT2D eigenvalue weighted by molar-refractivity contribution is -0.123. The molecule has 3 aromatic rings. The van der Waals surface area contributed by atoms with E-state index in [1.54, 1.807) is 37.7 Å². The number of ether oxygens (including phenoxy) is 1. The summed E-state index contributed by atoms with van der Waals surface area (Å²) in [7, 11) is 1.73. The first kappa shape index (κ1) is 21.1. The number of hydrogen-bond donors (Lipinski definition) is 1. The van der Waals surface area contributed by atoms with E-state index in [1.165, 1.54) is 11.6 Å². The molecule has 0 unspecified atom stereocenters. The molecule has 0 aliphatic heterocycles. The molecular formula is C21H24N4O5. The summed E-state index contributed by atoms with van der Waals surface area (Å²) in [5.74, 6) is -0.977. The maximum absolute atomic E-state index is 12.9. The molecule has 0 spiro atoms. The van der Waals surface area contributed by atoms with Gasteiger partial charge in [-0.3, -0.25) is 14.3 Å². The maximum Gasteiger partial charge on any atom is 0.344 e. The van der Waals surface area contributed by atoms with Crippen LogP contribution in [0.15, 0.2) is 39.6 Å². The number of nitrogens with one attached hydrogen (secondary N) is 1. The zero-order chi connectivity index (χ0) is 22.0. The van der Waals surface area contributed by atoms with Gasteiger partial charge in [-0.1, -0.05) is 30.3 Å². The van der Waals surface area contributed by atoms with Crippen LogP contribution < -0.4 is 10.9 Å². The van der Waals surface area contributed by atoms with Gasteiger partial charge in [0.1, 0.15) is 17.0 Å². The van der Waals surface area contributed by atoms with E-state index in [0.29, 0.717) is 29.3 Å². The second kappa shape index (κ2) is 8.40. The Labute approximate surface area is 173 Å². The molecule has 2 aromatic heterocycles. The Bertz CT molecular complexity index is 1140. The van der Waals surface area contributed by atoms with Gasteiger partial charge < -0.3 is 14.6 Å². The lowest BCUT2D eigenvalue weighted by Gasteiger charge is -2.13. The fourth-order valence-corrected chi connectivity index (χ4v) is 3.13. The van der Waals surface area contributed by atoms with Gasteiger partial charge in [-0.05, 0) is 39.3 Å². The Hall–Kier alpha value is -3.62. The summed E-state index contributed by atoms with van der Waals surface area (Å²) in [6.07, 6.45) is -0.634. The van der Waals surface area contributed by atoms with Crippen LogP contribution in [-0.2, 0) is 23.0 Å². The average Bonchev–Trinajstić information content (AvgIpc) is 3.21. The minimum absolute atomic E-state index is 0.129. The summed E-state index contributed by atoms with van der Waals surface area (Å²) in [5.41, 5.74) is 1.68. The largest absolute Gasteiger partial charge is 0.449 e. The molecule has 0 bridgehead atoms. The molecule has 0 saturated heterocycles. The first-order valence-corrected chi connectivity index (χ1v) is 9.57. The van der Waals surface area contributed by atoms with Gasteiger partial charge in [0.2, 0.25) is 0 Å². The zero-order valence-corrected chi connectivity index (χ0v) is 17.6. The summed E-state index contributed by atoms with van der Waals surface area (Å²) in [6.45, 7) is 6.60. The standard InChI is InChI=1S/C21H24N4O5/c1-6-16-17(13(3)30-23-16)21(28)29-14(4)19(26)22-18-12(2)24(5)25(20(18)27)15-10-8-7-9-11-15/h7-11,14H,6H2,1-5H3,(H,22,26)/t14-/m0/s1. The molecule has 1 N–H and O–H groups in total. The minimum Gasteiger partial charge on any atom is -0.449 e. The van der Waals surface area contributed by atoms with E-state index in [1.807, 2.05) is 25.1 Å². The van der Waals surface area contributed by atoms with Crippen molar-refractivity contribution in [1.29, 1.82) is 0 Å². The van der Waals surface area contributed by atoms with Crippen LogP contribution >= 0.6 is 0 Å². The first-order chi connectivity index (χ1) is 14.3. The lowest BCUT2D eigenvalue weighted by Crippen LogP contribution is -2.32. The van der Waals surface area contributed by atoms with Crippen LogP contribution in [0.25, 0.3) is 5.69 Å². The summed E-state index contributed by atoms with van der Waals surface area (Å²) in [6, 6.07) is 9.08. The van der Waals surface area contributed by atoms with Crippen LogP contribution in [0.5, 0.6) is 0 Å². The van der Waals surface area contributed by atoms with Gasteiger partial charge in [-0.2, -0.15) is 0 Å². The summed E-state index contributed by atoms with van der Waals surface area (Å²) >= 11 is 0. The SMILES string of the molecule is CCc1noc(C)c1C(=O)O[C@@H](C)C(=O)Nc1c(C)n(C)n(-c2ccccc2)c1=O. The molecule has 1 atom stereocenters. The summed E-state index contributed by atoms with van der Waals surface area (Å²) in [5, 5.41) is 6.41. The van der Waals surface area contributed by atoms with Crippen molar-refractivity contribution >= 4 is 17.6 Å². The van der Waals surface area contributed by atoms with E-state index in [0.717, 1.165) is 0 Å². The van der Waals surface area contributed by atoms with Crippen LogP contribution in [0.4, 0.5) is 5.69 Å². The van der Waals surface area contributed by atoms with E-state index in [4.69, 9.17) is 9.26 Å². The van der Waals surface area contributed by atoms with Crippen LogP contribution in [0.3, 0.4) is 0 Å². The Morgan fingerprint density at radius 2 is 1.90 bits per heavy atom. The smallest absolute Gasteiger partial charge is 0.344 e. The molecule has 1 amide bonds. The van der Waals surface area contributed by atoms with E-state index < -0.39 is 18.0 Å². The number of aryl methyl sites for hydroxylation is 2. The minimum atomic E-state index is -1.12. The molecule has 1 aromatic carbocycles. The van der Waals surface area contributed by atoms with E-state index in [9.17, 15) is 14.4 Å². The van der Waals surface area contributed by atoms with Crippen LogP contribution in [-0.4, -0.2) is 32.5 Å². The highest BCUT2D eigenvalue weighted by Crippen LogP contribution is 2.17. The Morgan fingerprint density at radius 1 is 1.23 bits per heavy atom. The third-order valence-electron chi connectivity index (χ3n) is 4.93. The average molecular weight is 412 g/mol. The van der Waals surface area contributed by atoms with Crippen molar-refractivity contribution in [3.8, 4) is 5.69 Å². The zero-order valence-electron chi connectivity index (χ0n) is 17.6. The molecule has 2 heterocycles. The molecule has 30 heavy (non-hydrogen) atoms. The Kier molecular flexibility index (Phi) is 5.91. The third-order valence-corrected chi connectivity index (χ3v) is 4.93. The van der Waals surface area contributed by atoms with Crippen molar-refractivity contribution in [3.63, 3.8) is 0 Å². The molecule has 158 valence electrons. The number of carbonyl (C=O) groups excluding carboxylic acids is 2. The highest BCUT2D eigenvalue weighted by atomic mass is 16.5. The highest BCUT2D eigenvalue weighted by molar-refractivity contribution is 5.98. The fourth-order valence-electron chi connectivity index (χ4n) is 3.13. The van der Waals surface area contributed by atoms with Crippen molar-refractivity contribution in [2.75, 3.05) is 5.32 Å². The number of rotatable bonds is 6. The van der Waals surface area contributed by atoms with Gasteiger partial charge in [-0.25, -0.2) is 9.48 Å². The number of carbonyl (C=O) groups is 2. The number of para-hydroxylation sites is 1. The number of esters is 1. The van der Waals surface area contributed by atoms with Crippen molar-refractivity contribution in [1.82, 2.24) is 14.5 Å². The predicted octanol–water partition coefficient (Wildman–Crippen LogP) is 2.53. The number of nitrogens with zero attached hydrogens (tertiary/aromatic N) is 3. The number of hydrogen-bond acceptors (Lipinski definition) is 6. The van der Waals surface area contributed by atoms with Crippen LogP contribution in [0.1, 0.15) is 41.4 Å². The lowest BCUT2D eigenvalue weighted by atomic mass is 10.1. The molecule has 9 heteroatoms. The molecule has 0 aliphatic carbocycles. The van der Waals surface area contributed by atoms with Gasteiger partial charge in [0, 0.05) is 7.05 Å². The Balaban J connectivity index is 1.80. The summed E-state index contributed by atoms with van der Waals surface area (Å²) < 4.78 is 13.4. The number of aromatic nitrogens is 3. The summed E-state index contributed by atoms with van der Waals surface area (Å²) in [4.78, 5) is 38.0. The van der Waals surface area contributed by atoms with E-state index in [2.05, 4.69) is 10.5 Å². The van der Waals surface area contributed by atoms with Gasteiger partial charge in [0.25, 0.3) is 11.5 Å². The molecule has 0 saturated carbocycles. The fraction of sp³-hybridized carbons (Fsp3) is 0.333. The van der Waals surface area contributed by atoms with Crippen molar-refractivity contribution in [2.45, 2.75) is 40.2 Å². The first-order valence-electron chi connectivity index (χ1n) is 9.57. The highest BCUT2D eigenvalue weighted by Gasteiger charge is 2.27. The molecular weight excluding hydrogens is 388 g/mol. The maximum atomic E-state index is 12.9. The van der Waals surface area contributed by atoms with Gasteiger partial charge >= 0.3 is 5.97 Å².